The van der Waals surface area contributed by atoms with Crippen LogP contribution in [0.15, 0.2) is 65.9 Å². The molecule has 1 amide bonds. The van der Waals surface area contributed by atoms with Gasteiger partial charge >= 0.3 is 0 Å². The number of aromatic nitrogens is 5. The zero-order valence-electron chi connectivity index (χ0n) is 12.4. The number of nitrogens with zero attached hydrogens (tertiary/aromatic N) is 4. The topological polar surface area (TPSA) is 102 Å². The molecule has 0 atom stereocenters. The Hall–Kier alpha value is -3.68. The van der Waals surface area contributed by atoms with Crippen molar-refractivity contribution in [3.8, 4) is 17.1 Å². The highest BCUT2D eigenvalue weighted by Gasteiger charge is 2.17. The van der Waals surface area contributed by atoms with Crippen LogP contribution in [0.2, 0.25) is 0 Å². The van der Waals surface area contributed by atoms with Crippen LogP contribution in [-0.4, -0.2) is 30.9 Å². The van der Waals surface area contributed by atoms with Gasteiger partial charge in [0.1, 0.15) is 18.3 Å². The summed E-state index contributed by atoms with van der Waals surface area (Å²) in [5, 5.41) is 17.1. The third-order valence-corrected chi connectivity index (χ3v) is 3.49. The minimum absolute atomic E-state index is 0.271. The quantitative estimate of drug-likeness (QED) is 0.601. The molecule has 0 aliphatic heterocycles. The second kappa shape index (κ2) is 5.84. The average molecular weight is 320 g/mol. The summed E-state index contributed by atoms with van der Waals surface area (Å²) in [6.07, 6.45) is 6.23. The summed E-state index contributed by atoms with van der Waals surface area (Å²) in [5.74, 6) is 0.285. The van der Waals surface area contributed by atoms with Crippen molar-refractivity contribution in [1.29, 1.82) is 0 Å². The van der Waals surface area contributed by atoms with Crippen LogP contribution < -0.4 is 5.32 Å². The van der Waals surface area contributed by atoms with Gasteiger partial charge in [-0.25, -0.2) is 0 Å². The van der Waals surface area contributed by atoms with Crippen molar-refractivity contribution in [2.45, 2.75) is 0 Å². The Kier molecular flexibility index (Phi) is 3.39. The number of nitrogens with one attached hydrogen (secondary N) is 2. The summed E-state index contributed by atoms with van der Waals surface area (Å²) in [5.41, 5.74) is 2.52. The number of carbonyl (C=O) groups excluding carboxylic acids is 1. The van der Waals surface area contributed by atoms with E-state index in [0.29, 0.717) is 22.7 Å². The van der Waals surface area contributed by atoms with E-state index in [0.717, 1.165) is 5.69 Å². The van der Waals surface area contributed by atoms with Crippen molar-refractivity contribution in [2.24, 2.45) is 0 Å². The van der Waals surface area contributed by atoms with Crippen LogP contribution in [0.25, 0.3) is 17.1 Å². The van der Waals surface area contributed by atoms with Crippen LogP contribution in [0, 0.1) is 0 Å². The molecule has 4 aromatic rings. The van der Waals surface area contributed by atoms with Gasteiger partial charge in [-0.3, -0.25) is 14.5 Å². The molecule has 8 nitrogen and oxygen atoms in total. The summed E-state index contributed by atoms with van der Waals surface area (Å²) in [6.45, 7) is 0. The number of hydrogen-bond donors (Lipinski definition) is 2. The molecule has 24 heavy (non-hydrogen) atoms. The van der Waals surface area contributed by atoms with Gasteiger partial charge in [0.25, 0.3) is 5.91 Å². The molecule has 2 N–H and O–H groups in total. The number of amides is 1. The van der Waals surface area contributed by atoms with Crippen LogP contribution >= 0.6 is 0 Å². The third kappa shape index (κ3) is 2.56. The fraction of sp³-hybridized carbons (Fsp3) is 0. The van der Waals surface area contributed by atoms with Gasteiger partial charge in [-0.2, -0.15) is 5.10 Å². The molecule has 0 fully saturated rings. The molecule has 0 radical (unpaired) electrons. The molecule has 0 spiro atoms. The van der Waals surface area contributed by atoms with Crippen LogP contribution in [0.3, 0.4) is 0 Å². The van der Waals surface area contributed by atoms with E-state index < -0.39 is 0 Å². The second-order valence-electron chi connectivity index (χ2n) is 5.01. The normalized spacial score (nSPS) is 10.7. The predicted molar refractivity (Wildman–Crippen MR) is 85.6 cm³/mol. The van der Waals surface area contributed by atoms with Crippen molar-refractivity contribution in [3.63, 3.8) is 0 Å². The molecule has 4 rings (SSSR count). The number of benzene rings is 1. The maximum Gasteiger partial charge on any atom is 0.259 e. The van der Waals surface area contributed by atoms with Crippen LogP contribution in [-0.2, 0) is 0 Å². The molecule has 0 saturated carbocycles. The summed E-state index contributed by atoms with van der Waals surface area (Å²) in [7, 11) is 0. The van der Waals surface area contributed by atoms with E-state index in [1.54, 1.807) is 47.8 Å². The standard InChI is InChI=1S/C16H12N6O2/c23-16(13-8-17-21-15(13)14-2-1-7-24-14)20-11-3-5-12(6-4-11)22-9-18-19-10-22/h1-10H,(H,17,21)(H,20,23). The van der Waals surface area contributed by atoms with Crippen molar-refractivity contribution >= 4 is 11.6 Å². The Bertz CT molecular complexity index is 939. The van der Waals surface area contributed by atoms with Crippen molar-refractivity contribution < 1.29 is 9.21 Å². The van der Waals surface area contributed by atoms with E-state index >= 15 is 0 Å². The Morgan fingerprint density at radius 3 is 2.62 bits per heavy atom. The first-order chi connectivity index (χ1) is 11.8. The minimum atomic E-state index is -0.271. The lowest BCUT2D eigenvalue weighted by atomic mass is 10.2. The maximum absolute atomic E-state index is 12.5. The highest BCUT2D eigenvalue weighted by Crippen LogP contribution is 2.22. The van der Waals surface area contributed by atoms with Crippen molar-refractivity contribution in [1.82, 2.24) is 25.0 Å². The van der Waals surface area contributed by atoms with Gasteiger partial charge < -0.3 is 9.73 Å². The molecular formula is C16H12N6O2. The van der Waals surface area contributed by atoms with E-state index in [2.05, 4.69) is 25.7 Å². The van der Waals surface area contributed by atoms with Gasteiger partial charge in [-0.05, 0) is 36.4 Å². The number of anilines is 1. The second-order valence-corrected chi connectivity index (χ2v) is 5.01. The number of rotatable bonds is 4. The molecule has 118 valence electrons. The fourth-order valence-electron chi connectivity index (χ4n) is 2.32. The molecule has 0 aliphatic rings. The lowest BCUT2D eigenvalue weighted by molar-refractivity contribution is 0.102. The number of furan rings is 1. The van der Waals surface area contributed by atoms with E-state index in [4.69, 9.17) is 4.42 Å². The average Bonchev–Trinajstić information content (AvgIpc) is 3.35. The molecule has 0 unspecified atom stereocenters. The molecular weight excluding hydrogens is 308 g/mol. The number of H-pyrrole nitrogens is 1. The van der Waals surface area contributed by atoms with Gasteiger partial charge in [0.2, 0.25) is 0 Å². The maximum atomic E-state index is 12.5. The molecule has 8 heteroatoms. The first-order valence-corrected chi connectivity index (χ1v) is 7.15. The van der Waals surface area contributed by atoms with E-state index in [1.807, 2.05) is 12.1 Å². The molecule has 1 aromatic carbocycles. The summed E-state index contributed by atoms with van der Waals surface area (Å²) in [4.78, 5) is 12.5. The van der Waals surface area contributed by atoms with Crippen LogP contribution in [0.5, 0.6) is 0 Å². The number of aromatic amines is 1. The summed E-state index contributed by atoms with van der Waals surface area (Å²) >= 11 is 0. The Labute approximate surface area is 136 Å². The van der Waals surface area contributed by atoms with Crippen molar-refractivity contribution in [3.05, 3.63) is 67.1 Å². The smallest absolute Gasteiger partial charge is 0.259 e. The summed E-state index contributed by atoms with van der Waals surface area (Å²) < 4.78 is 7.08. The summed E-state index contributed by atoms with van der Waals surface area (Å²) in [6, 6.07) is 10.9. The third-order valence-electron chi connectivity index (χ3n) is 3.49. The van der Waals surface area contributed by atoms with E-state index in [1.165, 1.54) is 6.20 Å². The fourth-order valence-corrected chi connectivity index (χ4v) is 2.32. The molecule has 0 saturated heterocycles. The van der Waals surface area contributed by atoms with Crippen LogP contribution in [0.4, 0.5) is 5.69 Å². The Morgan fingerprint density at radius 2 is 1.92 bits per heavy atom. The van der Waals surface area contributed by atoms with Gasteiger partial charge in [-0.15, -0.1) is 10.2 Å². The largest absolute Gasteiger partial charge is 0.463 e. The monoisotopic (exact) mass is 320 g/mol. The molecule has 0 aliphatic carbocycles. The lowest BCUT2D eigenvalue weighted by Gasteiger charge is -2.06. The lowest BCUT2D eigenvalue weighted by Crippen LogP contribution is -2.12. The molecule has 0 bridgehead atoms. The van der Waals surface area contributed by atoms with Gasteiger partial charge in [0, 0.05) is 11.4 Å². The first kappa shape index (κ1) is 13.9. The SMILES string of the molecule is O=C(Nc1ccc(-n2cnnc2)cc1)c1cn[nH]c1-c1ccco1. The van der Waals surface area contributed by atoms with Crippen molar-refractivity contribution in [2.75, 3.05) is 5.32 Å². The molecule has 3 aromatic heterocycles. The van der Waals surface area contributed by atoms with E-state index in [-0.39, 0.29) is 5.91 Å². The zero-order valence-corrected chi connectivity index (χ0v) is 12.4. The highest BCUT2D eigenvalue weighted by atomic mass is 16.3. The highest BCUT2D eigenvalue weighted by molar-refractivity contribution is 6.07. The van der Waals surface area contributed by atoms with Gasteiger partial charge in [0.05, 0.1) is 18.0 Å². The van der Waals surface area contributed by atoms with Crippen LogP contribution in [0.1, 0.15) is 10.4 Å². The predicted octanol–water partition coefficient (Wildman–Crippen LogP) is 2.50. The zero-order chi connectivity index (χ0) is 16.4. The van der Waals surface area contributed by atoms with Gasteiger partial charge in [-0.1, -0.05) is 0 Å². The Morgan fingerprint density at radius 1 is 1.12 bits per heavy atom. The van der Waals surface area contributed by atoms with E-state index in [9.17, 15) is 4.79 Å². The first-order valence-electron chi connectivity index (χ1n) is 7.15. The number of hydrogen-bond acceptors (Lipinski definition) is 5. The number of carbonyl (C=O) groups is 1. The minimum Gasteiger partial charge on any atom is -0.463 e. The molecule has 3 heterocycles. The Balaban J connectivity index is 1.54. The van der Waals surface area contributed by atoms with Gasteiger partial charge in [0.15, 0.2) is 5.76 Å².